The van der Waals surface area contributed by atoms with Crippen LogP contribution in [0, 0.1) is 0 Å². The second-order valence-electron chi connectivity index (χ2n) is 4.84. The minimum atomic E-state index is 0.569. The van der Waals surface area contributed by atoms with Gasteiger partial charge in [0, 0.05) is 24.3 Å². The van der Waals surface area contributed by atoms with E-state index in [9.17, 15) is 0 Å². The van der Waals surface area contributed by atoms with Gasteiger partial charge in [0.05, 0.1) is 6.04 Å². The topological polar surface area (TPSA) is 47.1 Å². The molecule has 1 fully saturated rings. The second-order valence-corrected chi connectivity index (χ2v) is 4.84. The highest BCUT2D eigenvalue weighted by Crippen LogP contribution is 2.30. The zero-order valence-corrected chi connectivity index (χ0v) is 9.24. The Kier molecular flexibility index (Phi) is 1.99. The van der Waals surface area contributed by atoms with Gasteiger partial charge in [-0.1, -0.05) is 0 Å². The van der Waals surface area contributed by atoms with E-state index >= 15 is 0 Å². The molecule has 4 nitrogen and oxygen atoms in total. The maximum atomic E-state index is 5.97. The molecule has 0 aromatic carbocycles. The van der Waals surface area contributed by atoms with Gasteiger partial charge in [-0.25, -0.2) is 0 Å². The van der Waals surface area contributed by atoms with E-state index in [0.717, 1.165) is 25.3 Å². The second kappa shape index (κ2) is 3.23. The molecule has 1 saturated heterocycles. The number of rotatable bonds is 1. The first-order chi connectivity index (χ1) is 7.25. The Bertz CT molecular complexity index is 376. The molecule has 0 unspecified atom stereocenters. The number of nitrogens with zero attached hydrogens (tertiary/aromatic N) is 3. The molecule has 2 N–H and O–H groups in total. The quantitative estimate of drug-likeness (QED) is 0.740. The van der Waals surface area contributed by atoms with Crippen molar-refractivity contribution >= 4 is 5.82 Å². The fraction of sp³-hybridized carbons (Fsp3) is 0.727. The third-order valence-electron chi connectivity index (χ3n) is 3.63. The van der Waals surface area contributed by atoms with E-state index in [4.69, 9.17) is 5.73 Å². The molecule has 0 radical (unpaired) electrons. The van der Waals surface area contributed by atoms with Gasteiger partial charge in [-0.05, 0) is 32.7 Å². The summed E-state index contributed by atoms with van der Waals surface area (Å²) in [4.78, 5) is 2.32. The van der Waals surface area contributed by atoms with Crippen molar-refractivity contribution in [1.82, 2.24) is 14.7 Å². The summed E-state index contributed by atoms with van der Waals surface area (Å²) in [5, 5.41) is 4.52. The number of likely N-dealkylation sites (tertiary alicyclic amines) is 1. The summed E-state index contributed by atoms with van der Waals surface area (Å²) < 4.78 is 2.20. The van der Waals surface area contributed by atoms with Gasteiger partial charge in [-0.15, -0.1) is 0 Å². The normalized spacial score (nSPS) is 22.5. The highest BCUT2D eigenvalue weighted by atomic mass is 15.4. The van der Waals surface area contributed by atoms with E-state index in [1.54, 1.807) is 0 Å². The van der Waals surface area contributed by atoms with Crippen LogP contribution in [0.3, 0.4) is 0 Å². The zero-order chi connectivity index (χ0) is 10.4. The molecule has 3 rings (SSSR count). The van der Waals surface area contributed by atoms with Gasteiger partial charge in [-0.3, -0.25) is 4.68 Å². The molecular formula is C11H18N4. The molecular weight excluding hydrogens is 188 g/mol. The summed E-state index contributed by atoms with van der Waals surface area (Å²) in [5.41, 5.74) is 8.71. The van der Waals surface area contributed by atoms with Crippen LogP contribution in [0.25, 0.3) is 0 Å². The van der Waals surface area contributed by atoms with E-state index in [2.05, 4.69) is 21.7 Å². The summed E-state index contributed by atoms with van der Waals surface area (Å²) in [6, 6.07) is 0.569. The molecule has 4 heteroatoms. The van der Waals surface area contributed by atoms with E-state index in [1.165, 1.54) is 30.5 Å². The molecule has 15 heavy (non-hydrogen) atoms. The van der Waals surface area contributed by atoms with Gasteiger partial charge in [0.15, 0.2) is 0 Å². The van der Waals surface area contributed by atoms with Crippen molar-refractivity contribution in [1.29, 1.82) is 0 Å². The van der Waals surface area contributed by atoms with Crippen LogP contribution in [0.4, 0.5) is 5.82 Å². The van der Waals surface area contributed by atoms with Crippen LogP contribution >= 0.6 is 0 Å². The van der Waals surface area contributed by atoms with Crippen molar-refractivity contribution in [3.05, 3.63) is 11.3 Å². The van der Waals surface area contributed by atoms with Crippen LogP contribution in [-0.2, 0) is 12.8 Å². The number of likely N-dealkylation sites (N-methyl/N-ethyl adjacent to an activating group) is 1. The number of hydrogen-bond acceptors (Lipinski definition) is 3. The van der Waals surface area contributed by atoms with Crippen LogP contribution in [-0.4, -0.2) is 34.8 Å². The van der Waals surface area contributed by atoms with Crippen molar-refractivity contribution < 1.29 is 0 Å². The number of anilines is 1. The minimum absolute atomic E-state index is 0.569. The lowest BCUT2D eigenvalue weighted by molar-refractivity contribution is 0.128. The molecule has 1 aliphatic heterocycles. The molecule has 82 valence electrons. The van der Waals surface area contributed by atoms with Gasteiger partial charge < -0.3 is 10.6 Å². The van der Waals surface area contributed by atoms with Crippen molar-refractivity contribution in [3.63, 3.8) is 0 Å². The largest absolute Gasteiger partial charge is 0.382 e. The van der Waals surface area contributed by atoms with E-state index < -0.39 is 0 Å². The Morgan fingerprint density at radius 1 is 1.27 bits per heavy atom. The van der Waals surface area contributed by atoms with Crippen LogP contribution in [0.5, 0.6) is 0 Å². The molecule has 0 bridgehead atoms. The Hall–Kier alpha value is -1.03. The van der Waals surface area contributed by atoms with Crippen molar-refractivity contribution in [2.45, 2.75) is 31.7 Å². The zero-order valence-electron chi connectivity index (χ0n) is 9.24. The molecule has 2 aliphatic rings. The average molecular weight is 206 g/mol. The van der Waals surface area contributed by atoms with E-state index in [-0.39, 0.29) is 0 Å². The summed E-state index contributed by atoms with van der Waals surface area (Å²) >= 11 is 0. The summed E-state index contributed by atoms with van der Waals surface area (Å²) in [6.07, 6.45) is 4.86. The van der Waals surface area contributed by atoms with Crippen LogP contribution in [0.15, 0.2) is 0 Å². The van der Waals surface area contributed by atoms with Gasteiger partial charge in [-0.2, -0.15) is 5.10 Å². The van der Waals surface area contributed by atoms with Crippen LogP contribution in [0.2, 0.25) is 0 Å². The average Bonchev–Trinajstić information content (AvgIpc) is 2.52. The third kappa shape index (κ3) is 1.35. The Morgan fingerprint density at radius 2 is 2.00 bits per heavy atom. The number of fused-ring (bicyclic) bond motifs is 1. The van der Waals surface area contributed by atoms with Gasteiger partial charge in [0.2, 0.25) is 0 Å². The Balaban J connectivity index is 1.94. The minimum Gasteiger partial charge on any atom is -0.382 e. The first kappa shape index (κ1) is 9.21. The monoisotopic (exact) mass is 206 g/mol. The van der Waals surface area contributed by atoms with Crippen LogP contribution in [0.1, 0.15) is 30.1 Å². The van der Waals surface area contributed by atoms with Crippen molar-refractivity contribution in [3.8, 4) is 0 Å². The van der Waals surface area contributed by atoms with Gasteiger partial charge >= 0.3 is 0 Å². The Labute approximate surface area is 90.0 Å². The lowest BCUT2D eigenvalue weighted by Gasteiger charge is -2.37. The van der Waals surface area contributed by atoms with E-state index in [0.29, 0.717) is 6.04 Å². The predicted molar refractivity (Wildman–Crippen MR) is 59.8 cm³/mol. The lowest BCUT2D eigenvalue weighted by Crippen LogP contribution is -2.45. The summed E-state index contributed by atoms with van der Waals surface area (Å²) in [6.45, 7) is 2.24. The number of hydrogen-bond donors (Lipinski definition) is 1. The van der Waals surface area contributed by atoms with Crippen LogP contribution < -0.4 is 5.73 Å². The Morgan fingerprint density at radius 3 is 2.73 bits per heavy atom. The molecule has 1 aromatic rings. The SMILES string of the molecule is CN1CC(n2nc(N)c3c2CCCC3)C1. The van der Waals surface area contributed by atoms with E-state index in [1.807, 2.05) is 0 Å². The van der Waals surface area contributed by atoms with Crippen molar-refractivity contribution in [2.75, 3.05) is 25.9 Å². The van der Waals surface area contributed by atoms with Crippen molar-refractivity contribution in [2.24, 2.45) is 0 Å². The van der Waals surface area contributed by atoms with Gasteiger partial charge in [0.25, 0.3) is 0 Å². The smallest absolute Gasteiger partial charge is 0.148 e. The fourth-order valence-corrected chi connectivity index (χ4v) is 2.78. The number of nitrogen functional groups attached to an aromatic ring is 1. The molecule has 0 atom stereocenters. The first-order valence-corrected chi connectivity index (χ1v) is 5.80. The first-order valence-electron chi connectivity index (χ1n) is 5.80. The highest BCUT2D eigenvalue weighted by Gasteiger charge is 2.30. The third-order valence-corrected chi connectivity index (χ3v) is 3.63. The molecule has 2 heterocycles. The predicted octanol–water partition coefficient (Wildman–Crippen LogP) is 0.831. The highest BCUT2D eigenvalue weighted by molar-refractivity contribution is 5.44. The molecule has 1 aromatic heterocycles. The number of aromatic nitrogens is 2. The lowest BCUT2D eigenvalue weighted by atomic mass is 9.96. The fourth-order valence-electron chi connectivity index (χ4n) is 2.78. The summed E-state index contributed by atoms with van der Waals surface area (Å²) in [7, 11) is 2.15. The number of nitrogens with two attached hydrogens (primary N) is 1. The maximum Gasteiger partial charge on any atom is 0.148 e. The molecule has 1 aliphatic carbocycles. The maximum absolute atomic E-state index is 5.97. The molecule has 0 spiro atoms. The molecule has 0 saturated carbocycles. The van der Waals surface area contributed by atoms with Gasteiger partial charge in [0.1, 0.15) is 5.82 Å². The molecule has 0 amide bonds. The standard InChI is InChI=1S/C11H18N4/c1-14-6-8(7-14)15-10-5-3-2-4-9(10)11(12)13-15/h8H,2-7H2,1H3,(H2,12,13). The summed E-state index contributed by atoms with van der Waals surface area (Å²) in [5.74, 6) is 0.777.